The number of guanidine groups is 1. The average molecular weight is 386 g/mol. The lowest BCUT2D eigenvalue weighted by atomic mass is 9.95. The van der Waals surface area contributed by atoms with Crippen LogP contribution in [0.2, 0.25) is 0 Å². The predicted molar refractivity (Wildman–Crippen MR) is 112 cm³/mol. The fraction of sp³-hybridized carbons (Fsp3) is 0.947. The van der Waals surface area contributed by atoms with Gasteiger partial charge in [-0.15, -0.1) is 0 Å². The molecule has 0 bridgehead atoms. The van der Waals surface area contributed by atoms with Crippen LogP contribution in [0.3, 0.4) is 0 Å². The zero-order valence-electron chi connectivity index (χ0n) is 17.0. The van der Waals surface area contributed by atoms with E-state index in [1.54, 1.807) is 0 Å². The number of nitrogens with one attached hydrogen (secondary N) is 2. The van der Waals surface area contributed by atoms with Crippen LogP contribution in [-0.4, -0.2) is 89.4 Å². The van der Waals surface area contributed by atoms with Gasteiger partial charge in [-0.05, 0) is 32.7 Å². The van der Waals surface area contributed by atoms with Gasteiger partial charge in [-0.3, -0.25) is 14.1 Å². The van der Waals surface area contributed by atoms with Gasteiger partial charge >= 0.3 is 0 Å². The number of nitrogens with zero attached hydrogens (tertiary/aromatic N) is 3. The van der Waals surface area contributed by atoms with Gasteiger partial charge < -0.3 is 15.5 Å². The second-order valence-corrected chi connectivity index (χ2v) is 9.34. The van der Waals surface area contributed by atoms with E-state index in [1.807, 2.05) is 6.92 Å². The Hall–Kier alpha value is -0.660. The molecule has 26 heavy (non-hydrogen) atoms. The highest BCUT2D eigenvalue weighted by Crippen LogP contribution is 2.22. The maximum Gasteiger partial charge on any atom is 0.191 e. The zero-order valence-corrected chi connectivity index (χ0v) is 17.8. The number of piperazine rings is 1. The van der Waals surface area contributed by atoms with Gasteiger partial charge in [0, 0.05) is 67.1 Å². The summed E-state index contributed by atoms with van der Waals surface area (Å²) in [5.74, 6) is 1.70. The molecule has 3 atom stereocenters. The standard InChI is InChI=1S/C19H39N5OS/c1-4-20-19(21-10-11-24-14-12-23(5-2)13-15-24)22-17-8-7-9-18(16-17)26(25)6-3/h17-18H,4-16H2,1-3H3,(H2,20,21,22). The topological polar surface area (TPSA) is 60.0 Å². The Labute approximate surface area is 162 Å². The fourth-order valence-electron chi connectivity index (χ4n) is 3.90. The molecule has 2 rings (SSSR count). The molecule has 0 amide bonds. The molecule has 2 N–H and O–H groups in total. The third-order valence-corrected chi connectivity index (χ3v) is 7.31. The van der Waals surface area contributed by atoms with Crippen LogP contribution in [-0.2, 0) is 10.8 Å². The van der Waals surface area contributed by atoms with E-state index in [2.05, 4.69) is 34.3 Å². The molecule has 0 aromatic heterocycles. The largest absolute Gasteiger partial charge is 0.357 e. The first-order valence-electron chi connectivity index (χ1n) is 10.5. The van der Waals surface area contributed by atoms with Crippen molar-refractivity contribution in [3.8, 4) is 0 Å². The summed E-state index contributed by atoms with van der Waals surface area (Å²) in [5, 5.41) is 7.33. The summed E-state index contributed by atoms with van der Waals surface area (Å²) in [6.07, 6.45) is 4.43. The molecule has 0 spiro atoms. The number of hydrogen-bond acceptors (Lipinski definition) is 4. The maximum atomic E-state index is 12.1. The third-order valence-electron chi connectivity index (χ3n) is 5.57. The Morgan fingerprint density at radius 3 is 2.50 bits per heavy atom. The van der Waals surface area contributed by atoms with E-state index in [0.29, 0.717) is 11.3 Å². The van der Waals surface area contributed by atoms with Gasteiger partial charge in [0.1, 0.15) is 0 Å². The van der Waals surface area contributed by atoms with Crippen LogP contribution >= 0.6 is 0 Å². The van der Waals surface area contributed by atoms with Gasteiger partial charge in [0.15, 0.2) is 5.96 Å². The van der Waals surface area contributed by atoms with E-state index >= 15 is 0 Å². The highest BCUT2D eigenvalue weighted by molar-refractivity contribution is 7.85. The van der Waals surface area contributed by atoms with Crippen molar-refractivity contribution in [2.45, 2.75) is 57.7 Å². The molecule has 6 nitrogen and oxygen atoms in total. The Morgan fingerprint density at radius 1 is 1.12 bits per heavy atom. The Balaban J connectivity index is 1.78. The van der Waals surface area contributed by atoms with E-state index < -0.39 is 10.8 Å². The molecule has 7 heteroatoms. The minimum Gasteiger partial charge on any atom is -0.357 e. The molecular formula is C19H39N5OS. The van der Waals surface area contributed by atoms with Crippen molar-refractivity contribution in [3.63, 3.8) is 0 Å². The Kier molecular flexibility index (Phi) is 9.93. The van der Waals surface area contributed by atoms with E-state index in [4.69, 9.17) is 4.99 Å². The molecule has 1 saturated heterocycles. The zero-order chi connectivity index (χ0) is 18.8. The number of rotatable bonds is 8. The molecule has 0 radical (unpaired) electrons. The molecule has 3 unspecified atom stereocenters. The van der Waals surface area contributed by atoms with Crippen LogP contribution in [0.5, 0.6) is 0 Å². The fourth-order valence-corrected chi connectivity index (χ4v) is 5.24. The number of likely N-dealkylation sites (N-methyl/N-ethyl adjacent to an activating group) is 1. The van der Waals surface area contributed by atoms with E-state index in [1.165, 1.54) is 13.1 Å². The molecule has 1 aliphatic heterocycles. The van der Waals surface area contributed by atoms with Crippen molar-refractivity contribution >= 4 is 16.8 Å². The lowest BCUT2D eigenvalue weighted by Crippen LogP contribution is -2.48. The summed E-state index contributed by atoms with van der Waals surface area (Å²) in [5.41, 5.74) is 0. The Bertz CT molecular complexity index is 451. The second kappa shape index (κ2) is 11.9. The number of hydrogen-bond donors (Lipinski definition) is 2. The minimum atomic E-state index is -0.676. The van der Waals surface area contributed by atoms with Crippen molar-refractivity contribution in [2.24, 2.45) is 4.99 Å². The molecule has 1 heterocycles. The average Bonchev–Trinajstić information content (AvgIpc) is 2.68. The molecule has 2 aliphatic rings. The van der Waals surface area contributed by atoms with Gasteiger partial charge in [0.25, 0.3) is 0 Å². The molecule has 0 aromatic rings. The van der Waals surface area contributed by atoms with Crippen molar-refractivity contribution in [2.75, 3.05) is 58.1 Å². The lowest BCUT2D eigenvalue weighted by Gasteiger charge is -2.33. The molecule has 2 fully saturated rings. The maximum absolute atomic E-state index is 12.1. The smallest absolute Gasteiger partial charge is 0.191 e. The van der Waals surface area contributed by atoms with Gasteiger partial charge in [-0.2, -0.15) is 0 Å². The van der Waals surface area contributed by atoms with Crippen molar-refractivity contribution in [1.29, 1.82) is 0 Å². The quantitative estimate of drug-likeness (QED) is 0.487. The summed E-state index contributed by atoms with van der Waals surface area (Å²) in [6, 6.07) is 0.398. The van der Waals surface area contributed by atoms with Crippen LogP contribution in [0.15, 0.2) is 4.99 Å². The van der Waals surface area contributed by atoms with Crippen molar-refractivity contribution in [1.82, 2.24) is 20.4 Å². The summed E-state index contributed by atoms with van der Waals surface area (Å²) in [6.45, 7) is 14.9. The first-order valence-corrected chi connectivity index (χ1v) is 11.9. The summed E-state index contributed by atoms with van der Waals surface area (Å²) in [4.78, 5) is 9.81. The van der Waals surface area contributed by atoms with E-state index in [0.717, 1.165) is 76.7 Å². The molecule has 1 saturated carbocycles. The van der Waals surface area contributed by atoms with Crippen LogP contribution in [0.1, 0.15) is 46.5 Å². The molecule has 152 valence electrons. The van der Waals surface area contributed by atoms with Gasteiger partial charge in [-0.1, -0.05) is 20.3 Å². The van der Waals surface area contributed by atoms with Gasteiger partial charge in [0.05, 0.1) is 6.54 Å². The molecule has 0 aromatic carbocycles. The van der Waals surface area contributed by atoms with Crippen LogP contribution in [0, 0.1) is 0 Å². The highest BCUT2D eigenvalue weighted by Gasteiger charge is 2.26. The lowest BCUT2D eigenvalue weighted by molar-refractivity contribution is 0.140. The highest BCUT2D eigenvalue weighted by atomic mass is 32.2. The van der Waals surface area contributed by atoms with Crippen LogP contribution < -0.4 is 10.6 Å². The van der Waals surface area contributed by atoms with Crippen LogP contribution in [0.4, 0.5) is 0 Å². The minimum absolute atomic E-state index is 0.351. The monoisotopic (exact) mass is 385 g/mol. The summed E-state index contributed by atoms with van der Waals surface area (Å²) < 4.78 is 12.1. The third kappa shape index (κ3) is 7.16. The van der Waals surface area contributed by atoms with Crippen molar-refractivity contribution < 1.29 is 4.21 Å². The Morgan fingerprint density at radius 2 is 1.85 bits per heavy atom. The predicted octanol–water partition coefficient (Wildman–Crippen LogP) is 1.26. The van der Waals surface area contributed by atoms with Crippen molar-refractivity contribution in [3.05, 3.63) is 0 Å². The van der Waals surface area contributed by atoms with Gasteiger partial charge in [-0.25, -0.2) is 0 Å². The summed E-state index contributed by atoms with van der Waals surface area (Å²) in [7, 11) is -0.676. The van der Waals surface area contributed by atoms with E-state index in [9.17, 15) is 4.21 Å². The number of aliphatic imine (C=N–C) groups is 1. The van der Waals surface area contributed by atoms with Gasteiger partial charge in [0.2, 0.25) is 0 Å². The normalized spacial score (nSPS) is 27.3. The molecule has 1 aliphatic carbocycles. The first-order chi connectivity index (χ1) is 12.7. The second-order valence-electron chi connectivity index (χ2n) is 7.34. The molecular weight excluding hydrogens is 346 g/mol. The first kappa shape index (κ1) is 21.6. The van der Waals surface area contributed by atoms with Crippen LogP contribution in [0.25, 0.3) is 0 Å². The SMILES string of the molecule is CCNC(=NCCN1CCN(CC)CC1)NC1CCCC(S(=O)CC)C1. The van der Waals surface area contributed by atoms with E-state index in [-0.39, 0.29) is 0 Å². The summed E-state index contributed by atoms with van der Waals surface area (Å²) >= 11 is 0.